The number of nitrogens with one attached hydrogen (secondary N) is 1. The maximum Gasteiger partial charge on any atom is 0.122 e. The molecule has 2 nitrogen and oxygen atoms in total. The Hall–Kier alpha value is -0.750. The summed E-state index contributed by atoms with van der Waals surface area (Å²) in [5.74, 6) is 1.06. The average molecular weight is 397 g/mol. The van der Waals surface area contributed by atoms with Gasteiger partial charge in [0, 0.05) is 17.0 Å². The molecular formula is C16H16INOS. The van der Waals surface area contributed by atoms with Crippen molar-refractivity contribution < 1.29 is 4.74 Å². The highest BCUT2D eigenvalue weighted by molar-refractivity contribution is 14.1. The van der Waals surface area contributed by atoms with E-state index in [1.165, 1.54) is 39.0 Å². The zero-order valence-electron chi connectivity index (χ0n) is 11.1. The molecular weight excluding hydrogens is 381 g/mol. The molecule has 1 aromatic carbocycles. The smallest absolute Gasteiger partial charge is 0.122 e. The van der Waals surface area contributed by atoms with E-state index in [-0.39, 0.29) is 0 Å². The highest BCUT2D eigenvalue weighted by Crippen LogP contribution is 2.38. The summed E-state index contributed by atoms with van der Waals surface area (Å²) in [4.78, 5) is 1.57. The summed E-state index contributed by atoms with van der Waals surface area (Å²) in [6, 6.07) is 9.34. The van der Waals surface area contributed by atoms with Gasteiger partial charge in [-0.25, -0.2) is 0 Å². The van der Waals surface area contributed by atoms with Crippen molar-refractivity contribution in [3.8, 4) is 5.75 Å². The zero-order chi connectivity index (χ0) is 13.5. The van der Waals surface area contributed by atoms with Crippen molar-refractivity contribution in [3.05, 3.63) is 43.2 Å². The molecule has 1 N–H and O–H groups in total. The first-order chi connectivity index (χ1) is 9.79. The van der Waals surface area contributed by atoms with Crippen LogP contribution in [-0.4, -0.2) is 6.61 Å². The van der Waals surface area contributed by atoms with Crippen LogP contribution in [0.5, 0.6) is 5.75 Å². The normalized spacial score (nSPS) is 20.1. The van der Waals surface area contributed by atoms with Crippen LogP contribution in [0, 0.1) is 2.88 Å². The van der Waals surface area contributed by atoms with E-state index in [0.29, 0.717) is 6.04 Å². The molecule has 0 spiro atoms. The van der Waals surface area contributed by atoms with Crippen LogP contribution < -0.4 is 10.1 Å². The van der Waals surface area contributed by atoms with Crippen LogP contribution in [0.1, 0.15) is 34.9 Å². The summed E-state index contributed by atoms with van der Waals surface area (Å²) < 4.78 is 6.98. The Morgan fingerprint density at radius 2 is 2.20 bits per heavy atom. The van der Waals surface area contributed by atoms with E-state index >= 15 is 0 Å². The maximum atomic E-state index is 5.58. The first-order valence-electron chi connectivity index (χ1n) is 7.10. The monoisotopic (exact) mass is 397 g/mol. The van der Waals surface area contributed by atoms with Crippen molar-refractivity contribution in [1.82, 2.24) is 0 Å². The molecule has 1 aliphatic carbocycles. The minimum atomic E-state index is 0.471. The standard InChI is InChI=1S/C16H16INOS/c17-16-9-12-13(2-1-3-15(12)20-16)18-11-4-5-14-10(8-11)6-7-19-14/h4-5,8-9,13,18H,1-3,6-7H2. The molecule has 2 aromatic rings. The van der Waals surface area contributed by atoms with Crippen molar-refractivity contribution >= 4 is 39.6 Å². The van der Waals surface area contributed by atoms with Crippen molar-refractivity contribution in [2.24, 2.45) is 0 Å². The minimum absolute atomic E-state index is 0.471. The zero-order valence-corrected chi connectivity index (χ0v) is 14.1. The molecule has 4 rings (SSSR count). The summed E-state index contributed by atoms with van der Waals surface area (Å²) >= 11 is 4.39. The SMILES string of the molecule is Ic1cc2c(s1)CCCC2Nc1ccc2c(c1)CCO2. The number of ether oxygens (including phenoxy) is 1. The molecule has 1 unspecified atom stereocenters. The fourth-order valence-electron chi connectivity index (χ4n) is 3.15. The number of hydrogen-bond acceptors (Lipinski definition) is 3. The van der Waals surface area contributed by atoms with Gasteiger partial charge in [-0.15, -0.1) is 11.3 Å². The van der Waals surface area contributed by atoms with E-state index in [0.717, 1.165) is 18.8 Å². The van der Waals surface area contributed by atoms with Gasteiger partial charge in [0.1, 0.15) is 5.75 Å². The second kappa shape index (κ2) is 5.22. The number of aryl methyl sites for hydroxylation is 1. The van der Waals surface area contributed by atoms with Crippen molar-refractivity contribution in [2.75, 3.05) is 11.9 Å². The number of hydrogen-bond donors (Lipinski definition) is 1. The predicted octanol–water partition coefficient (Wildman–Crippen LogP) is 4.78. The van der Waals surface area contributed by atoms with Crippen LogP contribution in [0.15, 0.2) is 24.3 Å². The Labute approximate surface area is 136 Å². The van der Waals surface area contributed by atoms with Gasteiger partial charge in [0.05, 0.1) is 15.5 Å². The van der Waals surface area contributed by atoms with Crippen LogP contribution in [0.4, 0.5) is 5.69 Å². The fraction of sp³-hybridized carbons (Fsp3) is 0.375. The third-order valence-corrected chi connectivity index (χ3v) is 6.09. The molecule has 0 bridgehead atoms. The lowest BCUT2D eigenvalue weighted by atomic mass is 9.94. The summed E-state index contributed by atoms with van der Waals surface area (Å²) in [6.45, 7) is 0.828. The quantitative estimate of drug-likeness (QED) is 0.737. The van der Waals surface area contributed by atoms with Crippen LogP contribution in [0.25, 0.3) is 0 Å². The molecule has 4 heteroatoms. The lowest BCUT2D eigenvalue weighted by Crippen LogP contribution is -2.15. The second-order valence-electron chi connectivity index (χ2n) is 5.44. The van der Waals surface area contributed by atoms with Gasteiger partial charge in [-0.05, 0) is 77.2 Å². The average Bonchev–Trinajstić information content (AvgIpc) is 3.04. The summed E-state index contributed by atoms with van der Waals surface area (Å²) in [5.41, 5.74) is 4.08. The van der Waals surface area contributed by atoms with Crippen LogP contribution >= 0.6 is 33.9 Å². The summed E-state index contributed by atoms with van der Waals surface area (Å²) in [6.07, 6.45) is 4.80. The Kier molecular flexibility index (Phi) is 3.38. The first-order valence-corrected chi connectivity index (χ1v) is 8.99. The molecule has 1 aliphatic heterocycles. The largest absolute Gasteiger partial charge is 0.493 e. The molecule has 20 heavy (non-hydrogen) atoms. The highest BCUT2D eigenvalue weighted by atomic mass is 127. The number of benzene rings is 1. The molecule has 2 heterocycles. The third-order valence-electron chi connectivity index (χ3n) is 4.11. The fourth-order valence-corrected chi connectivity index (χ4v) is 5.27. The van der Waals surface area contributed by atoms with Gasteiger partial charge in [0.15, 0.2) is 0 Å². The van der Waals surface area contributed by atoms with Crippen LogP contribution in [0.3, 0.4) is 0 Å². The second-order valence-corrected chi connectivity index (χ2v) is 8.47. The lowest BCUT2D eigenvalue weighted by molar-refractivity contribution is 0.357. The number of fused-ring (bicyclic) bond motifs is 2. The Balaban J connectivity index is 1.60. The third kappa shape index (κ3) is 2.33. The van der Waals surface area contributed by atoms with Crippen molar-refractivity contribution in [3.63, 3.8) is 0 Å². The van der Waals surface area contributed by atoms with Gasteiger partial charge in [-0.2, -0.15) is 0 Å². The summed E-state index contributed by atoms with van der Waals surface area (Å²) in [7, 11) is 0. The van der Waals surface area contributed by atoms with Gasteiger partial charge in [-0.3, -0.25) is 0 Å². The van der Waals surface area contributed by atoms with E-state index in [1.807, 2.05) is 11.3 Å². The van der Waals surface area contributed by atoms with Gasteiger partial charge >= 0.3 is 0 Å². The Bertz CT molecular complexity index is 652. The van der Waals surface area contributed by atoms with E-state index in [1.54, 1.807) is 4.88 Å². The van der Waals surface area contributed by atoms with Crippen LogP contribution in [0.2, 0.25) is 0 Å². The molecule has 1 atom stereocenters. The summed E-state index contributed by atoms with van der Waals surface area (Å²) in [5, 5.41) is 3.73. The van der Waals surface area contributed by atoms with Crippen molar-refractivity contribution in [1.29, 1.82) is 0 Å². The maximum absolute atomic E-state index is 5.58. The lowest BCUT2D eigenvalue weighted by Gasteiger charge is -2.24. The molecule has 0 radical (unpaired) electrons. The predicted molar refractivity (Wildman–Crippen MR) is 92.0 cm³/mol. The molecule has 0 saturated heterocycles. The van der Waals surface area contributed by atoms with Gasteiger partial charge in [0.25, 0.3) is 0 Å². The Morgan fingerprint density at radius 1 is 1.25 bits per heavy atom. The molecule has 1 aromatic heterocycles. The number of halogens is 1. The first kappa shape index (κ1) is 13.0. The number of anilines is 1. The topological polar surface area (TPSA) is 21.3 Å². The molecule has 2 aliphatic rings. The number of thiophene rings is 1. The number of rotatable bonds is 2. The Morgan fingerprint density at radius 3 is 3.15 bits per heavy atom. The molecule has 0 fully saturated rings. The van der Waals surface area contributed by atoms with E-state index in [9.17, 15) is 0 Å². The van der Waals surface area contributed by atoms with Gasteiger partial charge < -0.3 is 10.1 Å². The van der Waals surface area contributed by atoms with Crippen molar-refractivity contribution in [2.45, 2.75) is 31.7 Å². The van der Waals surface area contributed by atoms with Gasteiger partial charge in [-0.1, -0.05) is 0 Å². The minimum Gasteiger partial charge on any atom is -0.493 e. The van der Waals surface area contributed by atoms with E-state index in [2.05, 4.69) is 52.2 Å². The molecule has 0 saturated carbocycles. The van der Waals surface area contributed by atoms with E-state index < -0.39 is 0 Å². The van der Waals surface area contributed by atoms with Gasteiger partial charge in [0.2, 0.25) is 0 Å². The highest BCUT2D eigenvalue weighted by Gasteiger charge is 2.23. The molecule has 0 amide bonds. The van der Waals surface area contributed by atoms with Crippen LogP contribution in [-0.2, 0) is 12.8 Å². The van der Waals surface area contributed by atoms with E-state index in [4.69, 9.17) is 4.74 Å². The molecule has 104 valence electrons.